The van der Waals surface area contributed by atoms with Crippen molar-refractivity contribution in [3.63, 3.8) is 0 Å². The lowest BCUT2D eigenvalue weighted by atomic mass is 9.78. The van der Waals surface area contributed by atoms with E-state index >= 15 is 0 Å². The van der Waals surface area contributed by atoms with E-state index in [1.54, 1.807) is 0 Å². The highest BCUT2D eigenvalue weighted by Crippen LogP contribution is 2.52. The van der Waals surface area contributed by atoms with Gasteiger partial charge < -0.3 is 0 Å². The first-order valence-electron chi connectivity index (χ1n) is 12.4. The summed E-state index contributed by atoms with van der Waals surface area (Å²) in [7, 11) is 0. The molecule has 1 aliphatic rings. The predicted molar refractivity (Wildman–Crippen MR) is 143 cm³/mol. The first-order chi connectivity index (χ1) is 17.2. The van der Waals surface area contributed by atoms with Crippen LogP contribution in [0.1, 0.15) is 38.1 Å². The Hall–Kier alpha value is -4.11. The molecule has 6 rings (SSSR count). The van der Waals surface area contributed by atoms with E-state index in [0.717, 1.165) is 69.3 Å². The van der Waals surface area contributed by atoms with Gasteiger partial charge in [-0.3, -0.25) is 4.98 Å². The molecule has 3 heteroatoms. The van der Waals surface area contributed by atoms with Crippen LogP contribution in [-0.4, -0.2) is 15.0 Å². The van der Waals surface area contributed by atoms with Gasteiger partial charge in [-0.1, -0.05) is 105 Å². The second-order valence-electron chi connectivity index (χ2n) is 9.10. The van der Waals surface area contributed by atoms with Gasteiger partial charge in [0.25, 0.3) is 0 Å². The molecule has 0 bridgehead atoms. The molecule has 2 heterocycles. The maximum absolute atomic E-state index is 5.41. The van der Waals surface area contributed by atoms with Gasteiger partial charge in [0.2, 0.25) is 0 Å². The van der Waals surface area contributed by atoms with Crippen molar-refractivity contribution in [1.29, 1.82) is 0 Å². The number of hydrogen-bond donors (Lipinski definition) is 0. The quantitative estimate of drug-likeness (QED) is 0.271. The first-order valence-corrected chi connectivity index (χ1v) is 12.4. The zero-order valence-electron chi connectivity index (χ0n) is 20.1. The molecular formula is C32H27N3. The Labute approximate surface area is 206 Å². The van der Waals surface area contributed by atoms with Crippen molar-refractivity contribution in [2.75, 3.05) is 0 Å². The van der Waals surface area contributed by atoms with Crippen LogP contribution in [-0.2, 0) is 5.41 Å². The smallest absolute Gasteiger partial charge is 0.0973 e. The summed E-state index contributed by atoms with van der Waals surface area (Å²) >= 11 is 0. The SMILES string of the molecule is CCC1(CC)c2nc(-c3ccccc3)ccc2-c2nc(-c3ccccc3)c(-c3ccccc3)nc21. The molecule has 0 saturated carbocycles. The average Bonchev–Trinajstić information content (AvgIpc) is 3.22. The van der Waals surface area contributed by atoms with Gasteiger partial charge in [-0.25, -0.2) is 9.97 Å². The number of fused-ring (bicyclic) bond motifs is 3. The van der Waals surface area contributed by atoms with E-state index in [1.165, 1.54) is 0 Å². The molecule has 5 aromatic rings. The van der Waals surface area contributed by atoms with Crippen LogP contribution >= 0.6 is 0 Å². The number of nitrogens with zero attached hydrogens (tertiary/aromatic N) is 3. The molecule has 0 aliphatic heterocycles. The highest BCUT2D eigenvalue weighted by molar-refractivity contribution is 5.84. The average molecular weight is 454 g/mol. The lowest BCUT2D eigenvalue weighted by Crippen LogP contribution is -2.26. The summed E-state index contributed by atoms with van der Waals surface area (Å²) in [6, 6.07) is 35.5. The molecule has 0 fully saturated rings. The fourth-order valence-electron chi connectivity index (χ4n) is 5.37. The van der Waals surface area contributed by atoms with Crippen molar-refractivity contribution < 1.29 is 0 Å². The van der Waals surface area contributed by atoms with Crippen molar-refractivity contribution >= 4 is 0 Å². The monoisotopic (exact) mass is 453 g/mol. The number of aromatic nitrogens is 3. The number of rotatable bonds is 5. The molecule has 1 aliphatic carbocycles. The van der Waals surface area contributed by atoms with Gasteiger partial charge in [0.05, 0.1) is 39.6 Å². The summed E-state index contributed by atoms with van der Waals surface area (Å²) in [6.45, 7) is 4.49. The summed E-state index contributed by atoms with van der Waals surface area (Å²) in [4.78, 5) is 16.0. The third-order valence-corrected chi connectivity index (χ3v) is 7.32. The molecule has 0 radical (unpaired) electrons. The van der Waals surface area contributed by atoms with Crippen LogP contribution in [0.2, 0.25) is 0 Å². The molecule has 0 spiro atoms. The highest BCUT2D eigenvalue weighted by Gasteiger charge is 2.45. The number of pyridine rings is 1. The minimum Gasteiger partial charge on any atom is -0.251 e. The van der Waals surface area contributed by atoms with Crippen LogP contribution in [0.4, 0.5) is 0 Å². The minimum absolute atomic E-state index is 0.263. The highest BCUT2D eigenvalue weighted by atomic mass is 14.9. The van der Waals surface area contributed by atoms with Crippen LogP contribution in [0.3, 0.4) is 0 Å². The molecule has 3 aromatic carbocycles. The first kappa shape index (κ1) is 21.4. The van der Waals surface area contributed by atoms with E-state index in [9.17, 15) is 0 Å². The van der Waals surface area contributed by atoms with E-state index in [-0.39, 0.29) is 5.41 Å². The summed E-state index contributed by atoms with van der Waals surface area (Å²) in [6.07, 6.45) is 1.84. The molecule has 170 valence electrons. The van der Waals surface area contributed by atoms with Gasteiger partial charge in [-0.2, -0.15) is 0 Å². The Balaban J connectivity index is 1.64. The van der Waals surface area contributed by atoms with Gasteiger partial charge >= 0.3 is 0 Å². The Bertz CT molecular complexity index is 1490. The third-order valence-electron chi connectivity index (χ3n) is 7.32. The van der Waals surface area contributed by atoms with Crippen molar-refractivity contribution in [2.45, 2.75) is 32.1 Å². The zero-order valence-corrected chi connectivity index (χ0v) is 20.1. The lowest BCUT2D eigenvalue weighted by molar-refractivity contribution is 0.465. The molecule has 0 N–H and O–H groups in total. The normalized spacial score (nSPS) is 13.3. The van der Waals surface area contributed by atoms with Crippen molar-refractivity contribution in [1.82, 2.24) is 15.0 Å². The molecule has 0 atom stereocenters. The van der Waals surface area contributed by atoms with Crippen LogP contribution < -0.4 is 0 Å². The number of benzene rings is 3. The fourth-order valence-corrected chi connectivity index (χ4v) is 5.37. The molecule has 3 nitrogen and oxygen atoms in total. The molecule has 2 aromatic heterocycles. The fraction of sp³-hybridized carbons (Fsp3) is 0.156. The summed E-state index contributed by atoms with van der Waals surface area (Å²) in [5, 5.41) is 0. The Morgan fingerprint density at radius 2 is 1.00 bits per heavy atom. The molecule has 0 unspecified atom stereocenters. The van der Waals surface area contributed by atoms with E-state index in [1.807, 2.05) is 18.2 Å². The maximum atomic E-state index is 5.41. The van der Waals surface area contributed by atoms with E-state index in [0.29, 0.717) is 0 Å². The van der Waals surface area contributed by atoms with Gasteiger partial charge in [0.15, 0.2) is 0 Å². The van der Waals surface area contributed by atoms with Crippen molar-refractivity contribution in [3.8, 4) is 45.0 Å². The third kappa shape index (κ3) is 3.38. The van der Waals surface area contributed by atoms with Crippen molar-refractivity contribution in [3.05, 3.63) is 115 Å². The number of hydrogen-bond acceptors (Lipinski definition) is 3. The maximum Gasteiger partial charge on any atom is 0.0973 e. The Morgan fingerprint density at radius 1 is 0.486 bits per heavy atom. The lowest BCUT2D eigenvalue weighted by Gasteiger charge is -2.28. The largest absolute Gasteiger partial charge is 0.251 e. The topological polar surface area (TPSA) is 38.7 Å². The second-order valence-corrected chi connectivity index (χ2v) is 9.10. The Kier molecular flexibility index (Phi) is 5.26. The summed E-state index contributed by atoms with van der Waals surface area (Å²) in [5.41, 5.74) is 10.1. The van der Waals surface area contributed by atoms with E-state index < -0.39 is 0 Å². The van der Waals surface area contributed by atoms with Gasteiger partial charge in [-0.05, 0) is 25.0 Å². The van der Waals surface area contributed by atoms with Crippen LogP contribution in [0.25, 0.3) is 45.0 Å². The summed E-state index contributed by atoms with van der Waals surface area (Å²) < 4.78 is 0. The van der Waals surface area contributed by atoms with Gasteiger partial charge in [0, 0.05) is 22.3 Å². The molecule has 0 saturated heterocycles. The van der Waals surface area contributed by atoms with Crippen LogP contribution in [0, 0.1) is 0 Å². The van der Waals surface area contributed by atoms with E-state index in [4.69, 9.17) is 15.0 Å². The standard InChI is InChI=1S/C32H27N3/c1-3-32(4-2)30-25(20-21-26(33-30)22-14-8-5-9-15-22)29-31(32)35-28(24-18-12-7-13-19-24)27(34-29)23-16-10-6-11-17-23/h5-21H,3-4H2,1-2H3. The van der Waals surface area contributed by atoms with Crippen LogP contribution in [0.5, 0.6) is 0 Å². The van der Waals surface area contributed by atoms with Crippen LogP contribution in [0.15, 0.2) is 103 Å². The van der Waals surface area contributed by atoms with Crippen molar-refractivity contribution in [2.24, 2.45) is 0 Å². The zero-order chi connectivity index (χ0) is 23.8. The predicted octanol–water partition coefficient (Wildman–Crippen LogP) is 7.96. The molecule has 35 heavy (non-hydrogen) atoms. The second kappa shape index (κ2) is 8.59. The van der Waals surface area contributed by atoms with Gasteiger partial charge in [0.1, 0.15) is 0 Å². The summed E-state index contributed by atoms with van der Waals surface area (Å²) in [5.74, 6) is 0. The van der Waals surface area contributed by atoms with E-state index in [2.05, 4.69) is 98.8 Å². The Morgan fingerprint density at radius 3 is 1.54 bits per heavy atom. The molecular weight excluding hydrogens is 426 g/mol. The molecule has 0 amide bonds. The minimum atomic E-state index is -0.263. The van der Waals surface area contributed by atoms with Gasteiger partial charge in [-0.15, -0.1) is 0 Å².